The van der Waals surface area contributed by atoms with Crippen LogP contribution in [-0.2, 0) is 9.59 Å². The van der Waals surface area contributed by atoms with Gasteiger partial charge in [0.1, 0.15) is 5.75 Å². The summed E-state index contributed by atoms with van der Waals surface area (Å²) in [4.78, 5) is 22.9. The van der Waals surface area contributed by atoms with Crippen molar-refractivity contribution < 1.29 is 27.8 Å². The first-order chi connectivity index (χ1) is 12.2. The number of esters is 2. The van der Waals surface area contributed by atoms with Gasteiger partial charge in [-0.05, 0) is 49.2 Å². The van der Waals surface area contributed by atoms with E-state index < -0.39 is 29.3 Å². The summed E-state index contributed by atoms with van der Waals surface area (Å²) in [5.41, 5.74) is 0.981. The number of rotatable bonds is 5. The number of benzene rings is 2. The van der Waals surface area contributed by atoms with E-state index in [4.69, 9.17) is 4.74 Å². The zero-order chi connectivity index (χ0) is 19.4. The van der Waals surface area contributed by atoms with Crippen molar-refractivity contribution in [1.82, 2.24) is 0 Å². The molecule has 134 valence electrons. The second-order valence-corrected chi connectivity index (χ2v) is 5.63. The van der Waals surface area contributed by atoms with Gasteiger partial charge in [-0.15, -0.1) is 0 Å². The van der Waals surface area contributed by atoms with Crippen LogP contribution in [0.2, 0.25) is 0 Å². The largest absolute Gasteiger partial charge is 0.423 e. The molecule has 0 heterocycles. The van der Waals surface area contributed by atoms with Crippen LogP contribution in [0.1, 0.15) is 13.8 Å². The van der Waals surface area contributed by atoms with Crippen molar-refractivity contribution in [2.24, 2.45) is 0 Å². The van der Waals surface area contributed by atoms with E-state index in [2.05, 4.69) is 17.9 Å². The third kappa shape index (κ3) is 4.42. The minimum absolute atomic E-state index is 0.0211. The van der Waals surface area contributed by atoms with Crippen molar-refractivity contribution in [2.75, 3.05) is 0 Å². The van der Waals surface area contributed by atoms with Crippen molar-refractivity contribution in [3.8, 4) is 22.6 Å². The molecule has 0 aliphatic rings. The number of halogens is 2. The highest BCUT2D eigenvalue weighted by Gasteiger charge is 2.17. The molecule has 0 N–H and O–H groups in total. The maximum atomic E-state index is 14.1. The molecule has 0 aromatic heterocycles. The van der Waals surface area contributed by atoms with Crippen molar-refractivity contribution in [2.45, 2.75) is 13.8 Å². The van der Waals surface area contributed by atoms with Crippen LogP contribution in [0.5, 0.6) is 11.5 Å². The Kier molecular flexibility index (Phi) is 5.67. The van der Waals surface area contributed by atoms with E-state index in [1.165, 1.54) is 38.1 Å². The molecule has 0 fully saturated rings. The molecule has 0 aliphatic carbocycles. The highest BCUT2D eigenvalue weighted by Crippen LogP contribution is 2.30. The van der Waals surface area contributed by atoms with E-state index in [1.54, 1.807) is 0 Å². The first-order valence-corrected chi connectivity index (χ1v) is 7.54. The molecule has 26 heavy (non-hydrogen) atoms. The normalized spacial score (nSPS) is 10.2. The van der Waals surface area contributed by atoms with Gasteiger partial charge < -0.3 is 9.47 Å². The molecule has 0 spiro atoms. The van der Waals surface area contributed by atoms with Gasteiger partial charge in [-0.2, -0.15) is 0 Å². The minimum atomic E-state index is -1.02. The van der Waals surface area contributed by atoms with Gasteiger partial charge in [-0.3, -0.25) is 0 Å². The first kappa shape index (κ1) is 19.1. The van der Waals surface area contributed by atoms with E-state index in [0.29, 0.717) is 5.56 Å². The third-order valence-electron chi connectivity index (χ3n) is 3.29. The number of carbonyl (C=O) groups excluding carboxylic acids is 2. The van der Waals surface area contributed by atoms with Crippen LogP contribution in [0.3, 0.4) is 0 Å². The van der Waals surface area contributed by atoms with E-state index in [1.807, 2.05) is 0 Å². The summed E-state index contributed by atoms with van der Waals surface area (Å²) in [6.45, 7) is 9.72. The molecule has 6 heteroatoms. The van der Waals surface area contributed by atoms with Gasteiger partial charge in [0.05, 0.1) is 0 Å². The molecule has 0 saturated heterocycles. The highest BCUT2D eigenvalue weighted by atomic mass is 19.1. The van der Waals surface area contributed by atoms with Crippen LogP contribution in [0.25, 0.3) is 11.1 Å². The third-order valence-corrected chi connectivity index (χ3v) is 3.29. The zero-order valence-corrected chi connectivity index (χ0v) is 14.3. The fraction of sp³-hybridized carbons (Fsp3) is 0.100. The van der Waals surface area contributed by atoms with Crippen molar-refractivity contribution in [3.05, 3.63) is 72.3 Å². The van der Waals surface area contributed by atoms with Gasteiger partial charge in [-0.25, -0.2) is 18.4 Å². The van der Waals surface area contributed by atoms with Gasteiger partial charge in [0.15, 0.2) is 11.6 Å². The van der Waals surface area contributed by atoms with Gasteiger partial charge in [0.25, 0.3) is 0 Å². The fourth-order valence-corrected chi connectivity index (χ4v) is 1.91. The first-order valence-electron chi connectivity index (χ1n) is 7.54. The highest BCUT2D eigenvalue weighted by molar-refractivity contribution is 5.89. The van der Waals surface area contributed by atoms with Crippen LogP contribution in [0.4, 0.5) is 8.78 Å². The van der Waals surface area contributed by atoms with Crippen molar-refractivity contribution in [1.29, 1.82) is 0 Å². The molecule has 0 amide bonds. The SMILES string of the molecule is C=C(C)C(=O)Oc1ccc(-c2cc(F)c(OC(=O)C(=C)C)c(F)c2)cc1. The van der Waals surface area contributed by atoms with E-state index in [-0.39, 0.29) is 22.5 Å². The molecular weight excluding hydrogens is 342 g/mol. The molecule has 2 rings (SSSR count). The van der Waals surface area contributed by atoms with Crippen molar-refractivity contribution in [3.63, 3.8) is 0 Å². The maximum Gasteiger partial charge on any atom is 0.338 e. The summed E-state index contributed by atoms with van der Waals surface area (Å²) in [6, 6.07) is 8.13. The Morgan fingerprint density at radius 2 is 1.27 bits per heavy atom. The van der Waals surface area contributed by atoms with Gasteiger partial charge in [0, 0.05) is 11.1 Å². The molecule has 4 nitrogen and oxygen atoms in total. The number of carbonyl (C=O) groups is 2. The lowest BCUT2D eigenvalue weighted by atomic mass is 10.0. The van der Waals surface area contributed by atoms with Crippen LogP contribution in [-0.4, -0.2) is 11.9 Å². The van der Waals surface area contributed by atoms with E-state index in [0.717, 1.165) is 12.1 Å². The topological polar surface area (TPSA) is 52.6 Å². The Bertz CT molecular complexity index is 876. The van der Waals surface area contributed by atoms with Crippen LogP contribution < -0.4 is 9.47 Å². The van der Waals surface area contributed by atoms with Gasteiger partial charge >= 0.3 is 11.9 Å². The molecule has 0 radical (unpaired) electrons. The second kappa shape index (κ2) is 7.74. The van der Waals surface area contributed by atoms with Gasteiger partial charge in [-0.1, -0.05) is 25.3 Å². The van der Waals surface area contributed by atoms with Crippen molar-refractivity contribution >= 4 is 11.9 Å². The zero-order valence-electron chi connectivity index (χ0n) is 14.3. The Morgan fingerprint density at radius 1 is 0.808 bits per heavy atom. The summed E-state index contributed by atoms with van der Waals surface area (Å²) in [5, 5.41) is 0. The predicted octanol–water partition coefficient (Wildman–Crippen LogP) is 4.59. The lowest BCUT2D eigenvalue weighted by Gasteiger charge is -2.10. The predicted molar refractivity (Wildman–Crippen MR) is 92.7 cm³/mol. The Morgan fingerprint density at radius 3 is 1.73 bits per heavy atom. The van der Waals surface area contributed by atoms with Gasteiger partial charge in [0.2, 0.25) is 5.75 Å². The smallest absolute Gasteiger partial charge is 0.338 e. The number of ether oxygens (including phenoxy) is 2. The summed E-state index contributed by atoms with van der Waals surface area (Å²) in [6.07, 6.45) is 0. The second-order valence-electron chi connectivity index (χ2n) is 5.63. The molecule has 0 saturated carbocycles. The Balaban J connectivity index is 2.26. The fourth-order valence-electron chi connectivity index (χ4n) is 1.91. The summed E-state index contributed by atoms with van der Waals surface area (Å²) >= 11 is 0. The molecule has 0 atom stereocenters. The van der Waals surface area contributed by atoms with E-state index >= 15 is 0 Å². The Labute approximate surface area is 149 Å². The number of hydrogen-bond donors (Lipinski definition) is 0. The molecule has 0 aliphatic heterocycles. The number of hydrogen-bond acceptors (Lipinski definition) is 4. The Hall–Kier alpha value is -3.28. The summed E-state index contributed by atoms with van der Waals surface area (Å²) in [5.74, 6) is -4.04. The maximum absolute atomic E-state index is 14.1. The van der Waals surface area contributed by atoms with Crippen LogP contribution in [0.15, 0.2) is 60.7 Å². The molecule has 0 unspecified atom stereocenters. The summed E-state index contributed by atoms with van der Waals surface area (Å²) in [7, 11) is 0. The van der Waals surface area contributed by atoms with E-state index in [9.17, 15) is 18.4 Å². The molecular formula is C20H16F2O4. The standard InChI is InChI=1S/C20H16F2O4/c1-11(2)19(23)25-15-7-5-13(6-8-15)14-9-16(21)18(17(22)10-14)26-20(24)12(3)4/h5-10H,1,3H2,2,4H3. The quantitative estimate of drug-likeness (QED) is 0.445. The average Bonchev–Trinajstić information content (AvgIpc) is 2.58. The van der Waals surface area contributed by atoms with Crippen LogP contribution >= 0.6 is 0 Å². The van der Waals surface area contributed by atoms with Crippen LogP contribution in [0, 0.1) is 11.6 Å². The lowest BCUT2D eigenvalue weighted by Crippen LogP contribution is -2.10. The summed E-state index contributed by atoms with van der Waals surface area (Å²) < 4.78 is 38.0. The average molecular weight is 358 g/mol. The molecule has 2 aromatic rings. The monoisotopic (exact) mass is 358 g/mol. The molecule has 2 aromatic carbocycles. The molecule has 0 bridgehead atoms. The minimum Gasteiger partial charge on any atom is -0.423 e. The lowest BCUT2D eigenvalue weighted by molar-refractivity contribution is -0.131.